The number of nitrogens with zero attached hydrogens (tertiary/aromatic N) is 2. The zero-order chi connectivity index (χ0) is 28.7. The lowest BCUT2D eigenvalue weighted by Crippen LogP contribution is -2.25. The summed E-state index contributed by atoms with van der Waals surface area (Å²) in [4.78, 5) is 15.4. The van der Waals surface area contributed by atoms with Gasteiger partial charge in [-0.25, -0.2) is 9.37 Å². The van der Waals surface area contributed by atoms with Gasteiger partial charge in [0.15, 0.2) is 17.3 Å². The summed E-state index contributed by atoms with van der Waals surface area (Å²) in [5.41, 5.74) is 1.58. The normalized spacial score (nSPS) is 18.9. The number of carbonyl (C=O) groups is 1. The monoisotopic (exact) mass is 552 g/mol. The molecular formula is C31H37FN2O6. The summed E-state index contributed by atoms with van der Waals surface area (Å²) in [5, 5.41) is 13.6. The van der Waals surface area contributed by atoms with Gasteiger partial charge in [-0.15, -0.1) is 0 Å². The predicted octanol–water partition coefficient (Wildman–Crippen LogP) is 7.03. The predicted molar refractivity (Wildman–Crippen MR) is 146 cm³/mol. The first-order valence-corrected chi connectivity index (χ1v) is 13.8. The number of aliphatic carboxylic acids is 1. The van der Waals surface area contributed by atoms with Crippen LogP contribution in [0.2, 0.25) is 0 Å². The van der Waals surface area contributed by atoms with Crippen LogP contribution < -0.4 is 14.2 Å². The molecular weight excluding hydrogens is 515 g/mol. The van der Waals surface area contributed by atoms with E-state index in [0.29, 0.717) is 23.1 Å². The Hall–Kier alpha value is -3.62. The van der Waals surface area contributed by atoms with Crippen molar-refractivity contribution in [1.82, 2.24) is 10.1 Å². The minimum Gasteiger partial charge on any atom is -0.487 e. The molecule has 8 nitrogen and oxygen atoms in total. The Morgan fingerprint density at radius 1 is 1.18 bits per heavy atom. The highest BCUT2D eigenvalue weighted by Gasteiger charge is 2.48. The third kappa shape index (κ3) is 5.78. The number of ether oxygens (including phenoxy) is 3. The molecule has 0 spiro atoms. The minimum atomic E-state index is -0.807. The standard InChI is InChI=1S/C31H37FN2O6/c1-30(2)14-21(15-31(30,3)4)39-29-25(34-40-28(29)23-12-26(37-5)33-16-24(23)32)17-38-20-8-6-7-19(11-20)22(13-27(35)36)18-9-10-18/h6-8,11-12,16,18,21-22H,9-10,13-15,17H2,1-5H3,(H,35,36)/t22-/m0/s1. The average Bonchev–Trinajstić information content (AvgIpc) is 3.63. The molecule has 0 unspecified atom stereocenters. The summed E-state index contributed by atoms with van der Waals surface area (Å²) >= 11 is 0. The van der Waals surface area contributed by atoms with Gasteiger partial charge in [-0.2, -0.15) is 0 Å². The number of carboxylic acids is 1. The van der Waals surface area contributed by atoms with E-state index in [9.17, 15) is 14.3 Å². The Kier molecular flexibility index (Phi) is 7.50. The van der Waals surface area contributed by atoms with Crippen LogP contribution in [-0.2, 0) is 11.4 Å². The number of benzene rings is 1. The molecule has 0 bridgehead atoms. The van der Waals surface area contributed by atoms with Crippen LogP contribution in [0.4, 0.5) is 4.39 Å². The maximum absolute atomic E-state index is 14.9. The molecule has 2 aliphatic rings. The van der Waals surface area contributed by atoms with Gasteiger partial charge >= 0.3 is 5.97 Å². The molecule has 1 aromatic carbocycles. The molecule has 1 atom stereocenters. The first-order valence-electron chi connectivity index (χ1n) is 13.8. The number of hydrogen-bond acceptors (Lipinski definition) is 7. The van der Waals surface area contributed by atoms with Gasteiger partial charge in [-0.3, -0.25) is 4.79 Å². The van der Waals surface area contributed by atoms with E-state index in [1.807, 2.05) is 24.3 Å². The van der Waals surface area contributed by atoms with Crippen LogP contribution in [0.3, 0.4) is 0 Å². The minimum absolute atomic E-state index is 0.0264. The Labute approximate surface area is 233 Å². The van der Waals surface area contributed by atoms with Gasteiger partial charge in [-0.05, 0) is 66.0 Å². The van der Waals surface area contributed by atoms with Crippen molar-refractivity contribution in [1.29, 1.82) is 0 Å². The molecule has 0 radical (unpaired) electrons. The highest BCUT2D eigenvalue weighted by Crippen LogP contribution is 2.53. The van der Waals surface area contributed by atoms with Crippen molar-refractivity contribution in [2.45, 2.75) is 78.4 Å². The molecule has 1 N–H and O–H groups in total. The second-order valence-corrected chi connectivity index (χ2v) is 12.3. The van der Waals surface area contributed by atoms with Crippen molar-refractivity contribution >= 4 is 5.97 Å². The fraction of sp³-hybridized carbons (Fsp3) is 0.516. The van der Waals surface area contributed by atoms with E-state index in [0.717, 1.165) is 37.4 Å². The van der Waals surface area contributed by atoms with Gasteiger partial charge < -0.3 is 23.8 Å². The highest BCUT2D eigenvalue weighted by molar-refractivity contribution is 5.68. The van der Waals surface area contributed by atoms with Gasteiger partial charge in [0, 0.05) is 6.07 Å². The number of carboxylic acid groups (broad SMARTS) is 1. The maximum Gasteiger partial charge on any atom is 0.303 e. The van der Waals surface area contributed by atoms with E-state index < -0.39 is 11.8 Å². The SMILES string of the molecule is COc1cc(-c2onc(COc3cccc([C@@H](CC(=O)O)C4CC4)c3)c2OC2CC(C)(C)C(C)(C)C2)c(F)cn1. The smallest absolute Gasteiger partial charge is 0.303 e. The molecule has 2 saturated carbocycles. The molecule has 0 saturated heterocycles. The molecule has 2 aromatic heterocycles. The average molecular weight is 553 g/mol. The maximum atomic E-state index is 14.9. The van der Waals surface area contributed by atoms with Gasteiger partial charge in [0.05, 0.1) is 25.3 Å². The van der Waals surface area contributed by atoms with Crippen LogP contribution in [0.15, 0.2) is 41.1 Å². The summed E-state index contributed by atoms with van der Waals surface area (Å²) in [5.74, 6) is 0.268. The van der Waals surface area contributed by atoms with E-state index >= 15 is 0 Å². The first kappa shape index (κ1) is 27.9. The van der Waals surface area contributed by atoms with E-state index in [2.05, 4.69) is 37.8 Å². The van der Waals surface area contributed by atoms with Crippen molar-refractivity contribution in [2.24, 2.45) is 16.7 Å². The summed E-state index contributed by atoms with van der Waals surface area (Å²) in [6.07, 6.45) is 4.77. The van der Waals surface area contributed by atoms with Gasteiger partial charge in [0.25, 0.3) is 0 Å². The number of aromatic nitrogens is 2. The lowest BCUT2D eigenvalue weighted by atomic mass is 9.71. The van der Waals surface area contributed by atoms with Crippen LogP contribution in [-0.4, -0.2) is 34.4 Å². The molecule has 0 aliphatic heterocycles. The number of methoxy groups -OCH3 is 1. The number of rotatable bonds is 11. The number of halogens is 1. The number of pyridine rings is 1. The van der Waals surface area contributed by atoms with Crippen molar-refractivity contribution in [2.75, 3.05) is 7.11 Å². The summed E-state index contributed by atoms with van der Waals surface area (Å²) in [6.45, 7) is 8.95. The molecule has 40 heavy (non-hydrogen) atoms. The Morgan fingerprint density at radius 3 is 2.55 bits per heavy atom. The van der Waals surface area contributed by atoms with Gasteiger partial charge in [-0.1, -0.05) is 45.0 Å². The zero-order valence-electron chi connectivity index (χ0n) is 23.7. The molecule has 214 valence electrons. The second-order valence-electron chi connectivity index (χ2n) is 12.3. The lowest BCUT2D eigenvalue weighted by Gasteiger charge is -2.33. The Morgan fingerprint density at radius 2 is 1.90 bits per heavy atom. The molecule has 5 rings (SSSR count). The zero-order valence-corrected chi connectivity index (χ0v) is 23.7. The fourth-order valence-electron chi connectivity index (χ4n) is 5.65. The summed E-state index contributed by atoms with van der Waals surface area (Å²) in [7, 11) is 1.46. The lowest BCUT2D eigenvalue weighted by molar-refractivity contribution is -0.137. The van der Waals surface area contributed by atoms with Crippen molar-refractivity contribution in [3.05, 3.63) is 53.6 Å². The van der Waals surface area contributed by atoms with Crippen molar-refractivity contribution < 1.29 is 33.0 Å². The van der Waals surface area contributed by atoms with Crippen molar-refractivity contribution in [3.63, 3.8) is 0 Å². The third-order valence-corrected chi connectivity index (χ3v) is 8.84. The van der Waals surface area contributed by atoms with Crippen molar-refractivity contribution in [3.8, 4) is 28.7 Å². The molecule has 2 fully saturated rings. The molecule has 0 amide bonds. The fourth-order valence-corrected chi connectivity index (χ4v) is 5.65. The molecule has 2 heterocycles. The van der Waals surface area contributed by atoms with E-state index in [1.165, 1.54) is 13.2 Å². The third-order valence-electron chi connectivity index (χ3n) is 8.84. The van der Waals surface area contributed by atoms with E-state index in [1.54, 1.807) is 0 Å². The summed E-state index contributed by atoms with van der Waals surface area (Å²) < 4.78 is 38.5. The molecule has 2 aliphatic carbocycles. The first-order chi connectivity index (χ1) is 19.0. The van der Waals surface area contributed by atoms with Crippen LogP contribution >= 0.6 is 0 Å². The molecule has 3 aromatic rings. The van der Waals surface area contributed by atoms with E-state index in [4.69, 9.17) is 18.7 Å². The van der Waals surface area contributed by atoms with Crippen LogP contribution in [0.5, 0.6) is 17.4 Å². The molecule has 9 heteroatoms. The van der Waals surface area contributed by atoms with Crippen LogP contribution in [0.25, 0.3) is 11.3 Å². The van der Waals surface area contributed by atoms with Crippen LogP contribution in [0.1, 0.15) is 77.0 Å². The topological polar surface area (TPSA) is 104 Å². The van der Waals surface area contributed by atoms with Gasteiger partial charge in [0.1, 0.15) is 18.5 Å². The quantitative estimate of drug-likeness (QED) is 0.271. The second kappa shape index (κ2) is 10.7. The van der Waals surface area contributed by atoms with E-state index in [-0.39, 0.29) is 53.1 Å². The Bertz CT molecular complexity index is 1360. The largest absolute Gasteiger partial charge is 0.487 e. The number of hydrogen-bond donors (Lipinski definition) is 1. The summed E-state index contributed by atoms with van der Waals surface area (Å²) in [6, 6.07) is 8.99. The Balaban J connectivity index is 1.43. The highest BCUT2D eigenvalue weighted by atomic mass is 19.1. The van der Waals surface area contributed by atoms with Crippen LogP contribution in [0, 0.1) is 22.6 Å². The van der Waals surface area contributed by atoms with Gasteiger partial charge in [0.2, 0.25) is 11.6 Å².